The van der Waals surface area contributed by atoms with Crippen LogP contribution in [-0.4, -0.2) is 29.7 Å². The summed E-state index contributed by atoms with van der Waals surface area (Å²) in [6.45, 7) is 0.453. The molecule has 20 heavy (non-hydrogen) atoms. The summed E-state index contributed by atoms with van der Waals surface area (Å²) >= 11 is 0. The number of carbonyl (C=O) groups is 1. The Hall–Kier alpha value is -2.07. The molecular weight excluding hydrogens is 252 g/mol. The monoisotopic (exact) mass is 270 g/mol. The summed E-state index contributed by atoms with van der Waals surface area (Å²) in [5.74, 6) is -1.26. The molecule has 4 nitrogen and oxygen atoms in total. The summed E-state index contributed by atoms with van der Waals surface area (Å²) < 4.78 is 0. The van der Waals surface area contributed by atoms with Gasteiger partial charge in [0.2, 0.25) is 0 Å². The molecule has 3 N–H and O–H groups in total. The minimum absolute atomic E-state index is 0.453. The van der Waals surface area contributed by atoms with Crippen LogP contribution in [0.15, 0.2) is 30.5 Å². The fraction of sp³-hybridized carbons (Fsp3) is 0.312. The Bertz CT molecular complexity index is 685. The van der Waals surface area contributed by atoms with E-state index in [4.69, 9.17) is 0 Å². The quantitative estimate of drug-likeness (QED) is 0.799. The average Bonchev–Trinajstić information content (AvgIpc) is 2.86. The van der Waals surface area contributed by atoms with E-state index in [9.17, 15) is 9.90 Å². The standard InChI is InChI=1S/C16H18N2O2/c1-17-8-12(16(19)20)7-10-5-6-11-9-18-14-4-2-3-13(10)15(11)14/h2-4,7,9,12,17-18H,5-6,8H2,1H3,(H,19,20)/b10-7+. The molecule has 1 atom stereocenters. The fourth-order valence-electron chi connectivity index (χ4n) is 2.98. The van der Waals surface area contributed by atoms with Crippen LogP contribution < -0.4 is 5.32 Å². The van der Waals surface area contributed by atoms with Gasteiger partial charge in [0.1, 0.15) is 0 Å². The van der Waals surface area contributed by atoms with Gasteiger partial charge in [0.25, 0.3) is 0 Å². The number of benzene rings is 1. The van der Waals surface area contributed by atoms with Crippen LogP contribution in [0.2, 0.25) is 0 Å². The highest BCUT2D eigenvalue weighted by atomic mass is 16.4. The number of aromatic amines is 1. The first kappa shape index (κ1) is 12.9. The summed E-state index contributed by atoms with van der Waals surface area (Å²) in [5, 5.41) is 13.5. The fourth-order valence-corrected chi connectivity index (χ4v) is 2.98. The summed E-state index contributed by atoms with van der Waals surface area (Å²) in [7, 11) is 1.78. The second kappa shape index (κ2) is 5.13. The van der Waals surface area contributed by atoms with E-state index in [1.54, 1.807) is 7.05 Å². The van der Waals surface area contributed by atoms with E-state index in [-0.39, 0.29) is 0 Å². The van der Waals surface area contributed by atoms with E-state index < -0.39 is 11.9 Å². The van der Waals surface area contributed by atoms with Gasteiger partial charge in [-0.15, -0.1) is 0 Å². The second-order valence-corrected chi connectivity index (χ2v) is 5.24. The third kappa shape index (κ3) is 2.12. The lowest BCUT2D eigenvalue weighted by Crippen LogP contribution is -2.24. The van der Waals surface area contributed by atoms with Crippen molar-refractivity contribution in [2.45, 2.75) is 12.8 Å². The Morgan fingerprint density at radius 3 is 3.10 bits per heavy atom. The maximum atomic E-state index is 11.3. The first-order valence-electron chi connectivity index (χ1n) is 6.88. The van der Waals surface area contributed by atoms with Crippen LogP contribution in [0.5, 0.6) is 0 Å². The summed E-state index contributed by atoms with van der Waals surface area (Å²) in [4.78, 5) is 14.6. The predicted molar refractivity (Wildman–Crippen MR) is 79.6 cm³/mol. The van der Waals surface area contributed by atoms with Crippen LogP contribution in [0, 0.1) is 5.92 Å². The van der Waals surface area contributed by atoms with Crippen LogP contribution >= 0.6 is 0 Å². The lowest BCUT2D eigenvalue weighted by Gasteiger charge is -2.18. The predicted octanol–water partition coefficient (Wildman–Crippen LogP) is 2.42. The second-order valence-electron chi connectivity index (χ2n) is 5.24. The molecule has 1 aromatic heterocycles. The van der Waals surface area contributed by atoms with E-state index in [0.29, 0.717) is 6.54 Å². The molecule has 1 aromatic carbocycles. The summed E-state index contributed by atoms with van der Waals surface area (Å²) in [6.07, 6.45) is 5.84. The number of hydrogen-bond acceptors (Lipinski definition) is 2. The third-order valence-electron chi connectivity index (χ3n) is 3.94. The maximum Gasteiger partial charge on any atom is 0.311 e. The van der Waals surface area contributed by atoms with E-state index in [0.717, 1.165) is 23.9 Å². The van der Waals surface area contributed by atoms with Crippen molar-refractivity contribution in [2.75, 3.05) is 13.6 Å². The normalized spacial score (nSPS) is 17.6. The lowest BCUT2D eigenvalue weighted by molar-refractivity contribution is -0.139. The zero-order valence-corrected chi connectivity index (χ0v) is 11.4. The molecule has 1 unspecified atom stereocenters. The molecule has 0 aliphatic heterocycles. The molecule has 0 bridgehead atoms. The molecule has 0 radical (unpaired) electrons. The number of aliphatic carboxylic acids is 1. The lowest BCUT2D eigenvalue weighted by atomic mass is 9.86. The van der Waals surface area contributed by atoms with E-state index in [1.807, 2.05) is 12.1 Å². The Balaban J connectivity index is 2.07. The highest BCUT2D eigenvalue weighted by molar-refractivity contribution is 5.97. The number of rotatable bonds is 4. The molecular formula is C16H18N2O2. The highest BCUT2D eigenvalue weighted by Gasteiger charge is 2.20. The van der Waals surface area contributed by atoms with E-state index in [2.05, 4.69) is 28.6 Å². The molecule has 1 aliphatic carbocycles. The Morgan fingerprint density at radius 2 is 2.35 bits per heavy atom. The van der Waals surface area contributed by atoms with Gasteiger partial charge >= 0.3 is 5.97 Å². The molecule has 0 spiro atoms. The minimum atomic E-state index is -0.779. The van der Waals surface area contributed by atoms with Crippen molar-refractivity contribution in [2.24, 2.45) is 5.92 Å². The van der Waals surface area contributed by atoms with Crippen LogP contribution in [0.3, 0.4) is 0 Å². The molecule has 0 fully saturated rings. The first-order chi connectivity index (χ1) is 9.70. The Kier molecular flexibility index (Phi) is 3.32. The number of hydrogen-bond donors (Lipinski definition) is 3. The number of carboxylic acid groups (broad SMARTS) is 1. The molecule has 2 aromatic rings. The van der Waals surface area contributed by atoms with Gasteiger partial charge in [0, 0.05) is 23.6 Å². The van der Waals surface area contributed by atoms with E-state index in [1.165, 1.54) is 16.5 Å². The molecule has 1 aliphatic rings. The number of nitrogens with one attached hydrogen (secondary N) is 2. The van der Waals surface area contributed by atoms with Crippen LogP contribution in [0.4, 0.5) is 0 Å². The van der Waals surface area contributed by atoms with Crippen molar-refractivity contribution in [3.63, 3.8) is 0 Å². The molecule has 3 rings (SSSR count). The first-order valence-corrected chi connectivity index (χ1v) is 6.88. The third-order valence-corrected chi connectivity index (χ3v) is 3.94. The van der Waals surface area contributed by atoms with Crippen molar-refractivity contribution in [3.05, 3.63) is 41.6 Å². The van der Waals surface area contributed by atoms with Gasteiger partial charge in [-0.25, -0.2) is 0 Å². The molecule has 4 heteroatoms. The van der Waals surface area contributed by atoms with Crippen LogP contribution in [0.1, 0.15) is 17.5 Å². The summed E-state index contributed by atoms with van der Waals surface area (Å²) in [5.41, 5.74) is 4.77. The molecule has 104 valence electrons. The van der Waals surface area contributed by atoms with Gasteiger partial charge in [0.05, 0.1) is 5.92 Å². The number of aryl methyl sites for hydroxylation is 1. The van der Waals surface area contributed by atoms with Crippen molar-refractivity contribution in [1.82, 2.24) is 10.3 Å². The molecule has 0 saturated heterocycles. The molecule has 1 heterocycles. The zero-order valence-electron chi connectivity index (χ0n) is 11.4. The van der Waals surface area contributed by atoms with Crippen molar-refractivity contribution in [3.8, 4) is 0 Å². The largest absolute Gasteiger partial charge is 0.481 e. The Morgan fingerprint density at radius 1 is 1.50 bits per heavy atom. The van der Waals surface area contributed by atoms with Gasteiger partial charge in [-0.2, -0.15) is 0 Å². The SMILES string of the molecule is CNCC(/C=C1\CCc2c[nH]c3cccc1c23)C(=O)O. The van der Waals surface area contributed by atoms with Gasteiger partial charge in [-0.3, -0.25) is 4.79 Å². The number of aromatic nitrogens is 1. The maximum absolute atomic E-state index is 11.3. The number of carboxylic acids is 1. The number of H-pyrrole nitrogens is 1. The van der Waals surface area contributed by atoms with Crippen molar-refractivity contribution >= 4 is 22.4 Å². The average molecular weight is 270 g/mol. The van der Waals surface area contributed by atoms with Gasteiger partial charge in [-0.05, 0) is 42.7 Å². The Labute approximate surface area is 117 Å². The molecule has 0 amide bonds. The van der Waals surface area contributed by atoms with E-state index >= 15 is 0 Å². The van der Waals surface area contributed by atoms with Crippen LogP contribution in [-0.2, 0) is 11.2 Å². The number of allylic oxidation sites excluding steroid dienone is 1. The topological polar surface area (TPSA) is 65.1 Å². The van der Waals surface area contributed by atoms with Gasteiger partial charge in [0.15, 0.2) is 0 Å². The molecule has 0 saturated carbocycles. The minimum Gasteiger partial charge on any atom is -0.481 e. The van der Waals surface area contributed by atoms with Crippen molar-refractivity contribution < 1.29 is 9.90 Å². The smallest absolute Gasteiger partial charge is 0.311 e. The highest BCUT2D eigenvalue weighted by Crippen LogP contribution is 2.36. The van der Waals surface area contributed by atoms with Crippen LogP contribution in [0.25, 0.3) is 16.5 Å². The zero-order chi connectivity index (χ0) is 14.1. The van der Waals surface area contributed by atoms with Gasteiger partial charge < -0.3 is 15.4 Å². The summed E-state index contributed by atoms with van der Waals surface area (Å²) in [6, 6.07) is 6.17. The van der Waals surface area contributed by atoms with Crippen molar-refractivity contribution in [1.29, 1.82) is 0 Å². The van der Waals surface area contributed by atoms with Gasteiger partial charge in [-0.1, -0.05) is 18.2 Å².